The summed E-state index contributed by atoms with van der Waals surface area (Å²) in [6.45, 7) is 6.17. The molecule has 0 amide bonds. The van der Waals surface area contributed by atoms with Crippen LogP contribution in [0, 0.1) is 4.84 Å². The Hall–Kier alpha value is -2.41. The molecule has 0 aliphatic rings. The zero-order valence-corrected chi connectivity index (χ0v) is 16.1. The average molecular weight is 376 g/mol. The van der Waals surface area contributed by atoms with Crippen molar-refractivity contribution in [2.75, 3.05) is 0 Å². The van der Waals surface area contributed by atoms with Gasteiger partial charge in [0.15, 0.2) is 6.10 Å². The lowest BCUT2D eigenvalue weighted by Crippen LogP contribution is -2.22. The van der Waals surface area contributed by atoms with Crippen LogP contribution in [-0.2, 0) is 24.2 Å². The summed E-state index contributed by atoms with van der Waals surface area (Å²) >= 11 is 5.20. The van der Waals surface area contributed by atoms with E-state index in [2.05, 4.69) is 5.10 Å². The molecular weight excluding hydrogens is 352 g/mol. The third-order valence-corrected chi connectivity index (χ3v) is 4.27. The van der Waals surface area contributed by atoms with E-state index in [1.807, 2.05) is 32.1 Å². The van der Waals surface area contributed by atoms with Crippen molar-refractivity contribution in [2.24, 2.45) is 0 Å². The Morgan fingerprint density at radius 3 is 2.69 bits per heavy atom. The standard InChI is InChI=1S/C19H24N2O4S/c1-4-13(2)12-21-19(26)25-17(20-21)7-5-6-15-8-10-16(11-9-15)24-14(3)18(22)23/h4,8-11,14H,5-7,12H2,1-3H3,(H,22,23)/b13-4+. The number of hydrogen-bond acceptors (Lipinski definition) is 5. The molecule has 0 radical (unpaired) electrons. The van der Waals surface area contributed by atoms with Crippen LogP contribution in [0.4, 0.5) is 0 Å². The molecule has 1 heterocycles. The van der Waals surface area contributed by atoms with Crippen LogP contribution in [0.2, 0.25) is 0 Å². The number of hydrogen-bond donors (Lipinski definition) is 1. The Morgan fingerprint density at radius 1 is 1.38 bits per heavy atom. The van der Waals surface area contributed by atoms with Crippen LogP contribution in [0.1, 0.15) is 38.6 Å². The number of aliphatic carboxylic acids is 1. The number of aromatic nitrogens is 2. The quantitative estimate of drug-likeness (QED) is 0.522. The molecular formula is C19H24N2O4S. The summed E-state index contributed by atoms with van der Waals surface area (Å²) < 4.78 is 12.6. The Kier molecular flexibility index (Phi) is 7.15. The number of carboxylic acid groups (broad SMARTS) is 1. The van der Waals surface area contributed by atoms with E-state index < -0.39 is 12.1 Å². The van der Waals surface area contributed by atoms with Crippen LogP contribution in [0.3, 0.4) is 0 Å². The highest BCUT2D eigenvalue weighted by Crippen LogP contribution is 2.16. The molecule has 6 nitrogen and oxygen atoms in total. The number of allylic oxidation sites excluding steroid dienone is 2. The molecule has 26 heavy (non-hydrogen) atoms. The van der Waals surface area contributed by atoms with Crippen molar-refractivity contribution in [2.45, 2.75) is 52.7 Å². The predicted molar refractivity (Wildman–Crippen MR) is 101 cm³/mol. The van der Waals surface area contributed by atoms with Gasteiger partial charge in [0.05, 0.1) is 6.54 Å². The highest BCUT2D eigenvalue weighted by Gasteiger charge is 2.12. The molecule has 1 atom stereocenters. The fraction of sp³-hybridized carbons (Fsp3) is 0.421. The van der Waals surface area contributed by atoms with Gasteiger partial charge in [-0.15, -0.1) is 5.10 Å². The average Bonchev–Trinajstić information content (AvgIpc) is 2.95. The Bertz CT molecular complexity index is 821. The first kappa shape index (κ1) is 19.9. The molecule has 0 aliphatic carbocycles. The zero-order chi connectivity index (χ0) is 19.1. The zero-order valence-electron chi connectivity index (χ0n) is 15.3. The molecule has 1 aromatic carbocycles. The van der Waals surface area contributed by atoms with Gasteiger partial charge < -0.3 is 14.3 Å². The number of aryl methyl sites for hydroxylation is 2. The normalized spacial score (nSPS) is 12.8. The van der Waals surface area contributed by atoms with Crippen LogP contribution in [0.15, 0.2) is 40.3 Å². The Balaban J connectivity index is 1.85. The van der Waals surface area contributed by atoms with Crippen LogP contribution in [-0.4, -0.2) is 27.0 Å². The molecule has 0 saturated carbocycles. The second-order valence-electron chi connectivity index (χ2n) is 6.15. The second kappa shape index (κ2) is 9.33. The number of rotatable bonds is 9. The van der Waals surface area contributed by atoms with Gasteiger partial charge in [-0.1, -0.05) is 23.8 Å². The van der Waals surface area contributed by atoms with E-state index in [1.54, 1.807) is 16.8 Å². The van der Waals surface area contributed by atoms with Crippen molar-refractivity contribution >= 4 is 18.2 Å². The van der Waals surface area contributed by atoms with E-state index in [1.165, 1.54) is 12.5 Å². The molecule has 140 valence electrons. The molecule has 0 spiro atoms. The monoisotopic (exact) mass is 376 g/mol. The first-order valence-electron chi connectivity index (χ1n) is 8.56. The van der Waals surface area contributed by atoms with Crippen molar-refractivity contribution < 1.29 is 19.1 Å². The summed E-state index contributed by atoms with van der Waals surface area (Å²) in [6.07, 6.45) is 3.61. The van der Waals surface area contributed by atoms with Gasteiger partial charge >= 0.3 is 5.97 Å². The molecule has 0 saturated heterocycles. The van der Waals surface area contributed by atoms with Gasteiger partial charge in [0.25, 0.3) is 4.84 Å². The largest absolute Gasteiger partial charge is 0.479 e. The highest BCUT2D eigenvalue weighted by atomic mass is 32.1. The van der Waals surface area contributed by atoms with Crippen molar-refractivity contribution in [1.29, 1.82) is 0 Å². The highest BCUT2D eigenvalue weighted by molar-refractivity contribution is 7.71. The van der Waals surface area contributed by atoms with E-state index in [0.29, 0.717) is 29.4 Å². The third-order valence-electron chi connectivity index (χ3n) is 3.98. The summed E-state index contributed by atoms with van der Waals surface area (Å²) in [4.78, 5) is 11.2. The Labute approximate surface area is 158 Å². The molecule has 2 rings (SSSR count). The maximum absolute atomic E-state index is 10.8. The molecule has 2 aromatic rings. The molecule has 1 unspecified atom stereocenters. The lowest BCUT2D eigenvalue weighted by Gasteiger charge is -2.10. The number of carboxylic acids is 1. The van der Waals surface area contributed by atoms with Gasteiger partial charge in [-0.3, -0.25) is 0 Å². The molecule has 1 N–H and O–H groups in total. The van der Waals surface area contributed by atoms with Crippen molar-refractivity contribution in [3.8, 4) is 5.75 Å². The van der Waals surface area contributed by atoms with E-state index in [9.17, 15) is 4.79 Å². The molecule has 0 aliphatic heterocycles. The van der Waals surface area contributed by atoms with Crippen LogP contribution in [0.25, 0.3) is 0 Å². The van der Waals surface area contributed by atoms with Gasteiger partial charge in [-0.2, -0.15) is 0 Å². The van der Waals surface area contributed by atoms with Gasteiger partial charge in [-0.05, 0) is 63.5 Å². The summed E-state index contributed by atoms with van der Waals surface area (Å²) in [5, 5.41) is 13.3. The van der Waals surface area contributed by atoms with E-state index in [0.717, 1.165) is 18.4 Å². The maximum atomic E-state index is 10.8. The van der Waals surface area contributed by atoms with E-state index in [4.69, 9.17) is 26.5 Å². The summed E-state index contributed by atoms with van der Waals surface area (Å²) in [6, 6.07) is 7.45. The van der Waals surface area contributed by atoms with E-state index in [-0.39, 0.29) is 0 Å². The lowest BCUT2D eigenvalue weighted by molar-refractivity contribution is -0.144. The van der Waals surface area contributed by atoms with Gasteiger partial charge in [0.1, 0.15) is 5.75 Å². The fourth-order valence-electron chi connectivity index (χ4n) is 2.31. The van der Waals surface area contributed by atoms with Crippen molar-refractivity contribution in [1.82, 2.24) is 9.78 Å². The summed E-state index contributed by atoms with van der Waals surface area (Å²) in [5.41, 5.74) is 2.32. The minimum atomic E-state index is -0.983. The number of ether oxygens (including phenoxy) is 1. The van der Waals surface area contributed by atoms with E-state index >= 15 is 0 Å². The predicted octanol–water partition coefficient (Wildman–Crippen LogP) is 4.20. The number of benzene rings is 1. The molecule has 0 fully saturated rings. The smallest absolute Gasteiger partial charge is 0.344 e. The molecule has 0 bridgehead atoms. The van der Waals surface area contributed by atoms with Crippen molar-refractivity contribution in [3.63, 3.8) is 0 Å². The Morgan fingerprint density at radius 2 is 2.08 bits per heavy atom. The minimum Gasteiger partial charge on any atom is -0.479 e. The maximum Gasteiger partial charge on any atom is 0.344 e. The SMILES string of the molecule is C/C=C(\C)Cn1nc(CCCc2ccc(OC(C)C(=O)O)cc2)oc1=S. The van der Waals surface area contributed by atoms with Crippen molar-refractivity contribution in [3.05, 3.63) is 52.2 Å². The van der Waals surface area contributed by atoms with Crippen LogP contribution < -0.4 is 4.74 Å². The number of nitrogens with zero attached hydrogens (tertiary/aromatic N) is 2. The third kappa shape index (κ3) is 5.84. The van der Waals surface area contributed by atoms with Crippen LogP contribution >= 0.6 is 12.2 Å². The van der Waals surface area contributed by atoms with Gasteiger partial charge in [0.2, 0.25) is 5.89 Å². The fourth-order valence-corrected chi connectivity index (χ4v) is 2.51. The summed E-state index contributed by atoms with van der Waals surface area (Å²) in [5.74, 6) is 0.213. The summed E-state index contributed by atoms with van der Waals surface area (Å²) in [7, 11) is 0. The lowest BCUT2D eigenvalue weighted by atomic mass is 10.1. The van der Waals surface area contributed by atoms with Gasteiger partial charge in [-0.25, -0.2) is 9.48 Å². The van der Waals surface area contributed by atoms with Gasteiger partial charge in [0, 0.05) is 6.42 Å². The minimum absolute atomic E-state index is 0.398. The second-order valence-corrected chi connectivity index (χ2v) is 6.50. The van der Waals surface area contributed by atoms with Crippen LogP contribution in [0.5, 0.6) is 5.75 Å². The number of carbonyl (C=O) groups is 1. The molecule has 7 heteroatoms. The topological polar surface area (TPSA) is 77.5 Å². The first-order chi connectivity index (χ1) is 12.4. The molecule has 1 aromatic heterocycles. The first-order valence-corrected chi connectivity index (χ1v) is 8.97.